The Morgan fingerprint density at radius 2 is 2.00 bits per heavy atom. The molecule has 6 heteroatoms. The maximum absolute atomic E-state index is 11.4. The highest BCUT2D eigenvalue weighted by Crippen LogP contribution is 2.24. The van der Waals surface area contributed by atoms with Crippen molar-refractivity contribution < 1.29 is 17.4 Å². The Morgan fingerprint density at radius 1 is 1.19 bits per heavy atom. The maximum Gasteiger partial charge on any atom is 0.264 e. The molecular formula is C15H21NO4S. The normalized spacial score (nSPS) is 14.6. The summed E-state index contributed by atoms with van der Waals surface area (Å²) in [6, 6.07) is 6.22. The van der Waals surface area contributed by atoms with E-state index in [1.54, 1.807) is 0 Å². The topological polar surface area (TPSA) is 72.5 Å². The summed E-state index contributed by atoms with van der Waals surface area (Å²) in [7, 11) is -3.32. The number of carbonyl (C=O) groups excluding carboxylic acids is 1. The van der Waals surface area contributed by atoms with E-state index in [4.69, 9.17) is 4.18 Å². The number of anilines is 1. The third-order valence-electron chi connectivity index (χ3n) is 3.48. The molecule has 21 heavy (non-hydrogen) atoms. The van der Waals surface area contributed by atoms with Gasteiger partial charge in [0.05, 0.1) is 12.9 Å². The van der Waals surface area contributed by atoms with Crippen molar-refractivity contribution in [2.24, 2.45) is 0 Å². The number of fused-ring (bicyclic) bond motifs is 1. The minimum Gasteiger partial charge on any atom is -0.326 e. The van der Waals surface area contributed by atoms with Gasteiger partial charge in [0.1, 0.15) is 0 Å². The van der Waals surface area contributed by atoms with Crippen LogP contribution in [0.1, 0.15) is 36.8 Å². The van der Waals surface area contributed by atoms with E-state index in [1.807, 2.05) is 6.07 Å². The van der Waals surface area contributed by atoms with Crippen LogP contribution in [0, 0.1) is 0 Å². The summed E-state index contributed by atoms with van der Waals surface area (Å²) in [5, 5.41) is 2.90. The van der Waals surface area contributed by atoms with Crippen LogP contribution in [-0.4, -0.2) is 27.2 Å². The van der Waals surface area contributed by atoms with E-state index in [-0.39, 0.29) is 12.5 Å². The van der Waals surface area contributed by atoms with Gasteiger partial charge in [-0.1, -0.05) is 18.6 Å². The molecule has 1 aliphatic heterocycles. The van der Waals surface area contributed by atoms with E-state index in [9.17, 15) is 13.2 Å². The van der Waals surface area contributed by atoms with E-state index in [1.165, 1.54) is 11.1 Å². The van der Waals surface area contributed by atoms with Gasteiger partial charge in [-0.3, -0.25) is 8.98 Å². The molecule has 0 bridgehead atoms. The first-order chi connectivity index (χ1) is 9.94. The van der Waals surface area contributed by atoms with Crippen LogP contribution in [0.5, 0.6) is 0 Å². The molecule has 1 aromatic rings. The molecule has 0 aromatic heterocycles. The molecule has 1 aliphatic rings. The fourth-order valence-corrected chi connectivity index (χ4v) is 2.81. The van der Waals surface area contributed by atoms with Crippen LogP contribution in [0.3, 0.4) is 0 Å². The minimum absolute atomic E-state index is 0.0811. The monoisotopic (exact) mass is 311 g/mol. The lowest BCUT2D eigenvalue weighted by atomic mass is 9.98. The zero-order valence-corrected chi connectivity index (χ0v) is 13.0. The van der Waals surface area contributed by atoms with Crippen LogP contribution >= 0.6 is 0 Å². The van der Waals surface area contributed by atoms with Crippen molar-refractivity contribution in [3.05, 3.63) is 29.3 Å². The highest BCUT2D eigenvalue weighted by Gasteiger charge is 2.14. The highest BCUT2D eigenvalue weighted by molar-refractivity contribution is 7.85. The summed E-state index contributed by atoms with van der Waals surface area (Å²) >= 11 is 0. The number of amides is 1. The van der Waals surface area contributed by atoms with Gasteiger partial charge in [0.2, 0.25) is 5.91 Å². The van der Waals surface area contributed by atoms with E-state index in [0.717, 1.165) is 44.0 Å². The Labute approximate surface area is 125 Å². The molecular weight excluding hydrogens is 290 g/mol. The molecule has 0 unspecified atom stereocenters. The number of hydrogen-bond donors (Lipinski definition) is 1. The Bertz CT molecular complexity index is 610. The third-order valence-corrected chi connectivity index (χ3v) is 4.07. The third kappa shape index (κ3) is 5.47. The molecule has 0 radical (unpaired) electrons. The van der Waals surface area contributed by atoms with Gasteiger partial charge < -0.3 is 5.32 Å². The second kappa shape index (κ2) is 7.04. The first-order valence-electron chi connectivity index (χ1n) is 7.20. The van der Waals surface area contributed by atoms with Crippen molar-refractivity contribution in [2.75, 3.05) is 18.2 Å². The van der Waals surface area contributed by atoms with E-state index >= 15 is 0 Å². The van der Waals surface area contributed by atoms with Crippen LogP contribution in [0.4, 0.5) is 5.69 Å². The van der Waals surface area contributed by atoms with Crippen molar-refractivity contribution >= 4 is 21.7 Å². The van der Waals surface area contributed by atoms with Gasteiger partial charge in [-0.25, -0.2) is 0 Å². The molecule has 1 heterocycles. The average Bonchev–Trinajstić information content (AvgIpc) is 2.41. The molecule has 116 valence electrons. The SMILES string of the molecule is CS(=O)(=O)OCCCCCc1ccc2c(c1)NC(=O)CC2. The van der Waals surface area contributed by atoms with Crippen molar-refractivity contribution in [1.82, 2.24) is 0 Å². The number of rotatable bonds is 7. The molecule has 0 atom stereocenters. The Morgan fingerprint density at radius 3 is 2.76 bits per heavy atom. The molecule has 5 nitrogen and oxygen atoms in total. The van der Waals surface area contributed by atoms with Gasteiger partial charge in [0.25, 0.3) is 10.1 Å². The molecule has 1 amide bonds. The molecule has 0 saturated heterocycles. The molecule has 0 fully saturated rings. The predicted molar refractivity (Wildman–Crippen MR) is 81.7 cm³/mol. The largest absolute Gasteiger partial charge is 0.326 e. The van der Waals surface area contributed by atoms with Crippen LogP contribution in [-0.2, 0) is 31.9 Å². The number of unbranched alkanes of at least 4 members (excludes halogenated alkanes) is 2. The maximum atomic E-state index is 11.4. The predicted octanol–water partition coefficient (Wildman–Crippen LogP) is 2.26. The van der Waals surface area contributed by atoms with Gasteiger partial charge in [0, 0.05) is 12.1 Å². The number of nitrogens with one attached hydrogen (secondary N) is 1. The standard InChI is InChI=1S/C15H21NO4S/c1-21(18,19)20-10-4-2-3-5-12-6-7-13-8-9-15(17)16-14(13)11-12/h6-7,11H,2-5,8-10H2,1H3,(H,16,17). The highest BCUT2D eigenvalue weighted by atomic mass is 32.2. The molecule has 0 aliphatic carbocycles. The molecule has 1 aromatic carbocycles. The number of benzene rings is 1. The number of hydrogen-bond acceptors (Lipinski definition) is 4. The van der Waals surface area contributed by atoms with Gasteiger partial charge in [-0.05, 0) is 42.9 Å². The van der Waals surface area contributed by atoms with Crippen molar-refractivity contribution in [1.29, 1.82) is 0 Å². The van der Waals surface area contributed by atoms with Crippen LogP contribution in [0.15, 0.2) is 18.2 Å². The van der Waals surface area contributed by atoms with Gasteiger partial charge in [-0.2, -0.15) is 8.42 Å². The summed E-state index contributed by atoms with van der Waals surface area (Å²) in [5.74, 6) is 0.0811. The summed E-state index contributed by atoms with van der Waals surface area (Å²) in [6.45, 7) is 0.249. The zero-order valence-electron chi connectivity index (χ0n) is 12.2. The van der Waals surface area contributed by atoms with Crippen LogP contribution in [0.2, 0.25) is 0 Å². The number of carbonyl (C=O) groups is 1. The second-order valence-electron chi connectivity index (χ2n) is 5.38. The Balaban J connectivity index is 1.74. The lowest BCUT2D eigenvalue weighted by Crippen LogP contribution is -2.19. The summed E-state index contributed by atoms with van der Waals surface area (Å²) in [6.07, 6.45) is 5.97. The Hall–Kier alpha value is -1.40. The molecule has 1 N–H and O–H groups in total. The van der Waals surface area contributed by atoms with Crippen molar-refractivity contribution in [2.45, 2.75) is 38.5 Å². The second-order valence-corrected chi connectivity index (χ2v) is 7.02. The van der Waals surface area contributed by atoms with E-state index in [2.05, 4.69) is 17.4 Å². The summed E-state index contributed by atoms with van der Waals surface area (Å²) in [4.78, 5) is 11.4. The van der Waals surface area contributed by atoms with Gasteiger partial charge in [-0.15, -0.1) is 0 Å². The first kappa shape index (κ1) is 16.0. The summed E-state index contributed by atoms with van der Waals surface area (Å²) < 4.78 is 26.3. The van der Waals surface area contributed by atoms with Gasteiger partial charge in [0.15, 0.2) is 0 Å². The number of aryl methyl sites for hydroxylation is 2. The lowest BCUT2D eigenvalue weighted by Gasteiger charge is -2.17. The van der Waals surface area contributed by atoms with Crippen LogP contribution in [0.25, 0.3) is 0 Å². The zero-order chi connectivity index (χ0) is 15.3. The fourth-order valence-electron chi connectivity index (χ4n) is 2.39. The first-order valence-corrected chi connectivity index (χ1v) is 9.02. The van der Waals surface area contributed by atoms with Gasteiger partial charge >= 0.3 is 0 Å². The quantitative estimate of drug-likeness (QED) is 0.619. The van der Waals surface area contributed by atoms with E-state index < -0.39 is 10.1 Å². The summed E-state index contributed by atoms with van der Waals surface area (Å²) in [5.41, 5.74) is 3.32. The minimum atomic E-state index is -3.32. The lowest BCUT2D eigenvalue weighted by molar-refractivity contribution is -0.116. The average molecular weight is 311 g/mol. The molecule has 2 rings (SSSR count). The molecule has 0 saturated carbocycles. The smallest absolute Gasteiger partial charge is 0.264 e. The molecule has 0 spiro atoms. The fraction of sp³-hybridized carbons (Fsp3) is 0.533. The van der Waals surface area contributed by atoms with Crippen molar-refractivity contribution in [3.8, 4) is 0 Å². The van der Waals surface area contributed by atoms with E-state index in [0.29, 0.717) is 6.42 Å². The van der Waals surface area contributed by atoms with Crippen molar-refractivity contribution in [3.63, 3.8) is 0 Å². The Kier molecular flexibility index (Phi) is 5.36. The van der Waals surface area contributed by atoms with Crippen LogP contribution < -0.4 is 5.32 Å².